The lowest BCUT2D eigenvalue weighted by molar-refractivity contribution is 0.188. The summed E-state index contributed by atoms with van der Waals surface area (Å²) in [7, 11) is 0. The van der Waals surface area contributed by atoms with Gasteiger partial charge in [-0.15, -0.1) is 24.0 Å². The number of likely N-dealkylation sites (tertiary alicyclic amines) is 1. The van der Waals surface area contributed by atoms with E-state index in [0.29, 0.717) is 13.1 Å². The van der Waals surface area contributed by atoms with E-state index in [1.165, 1.54) is 0 Å². The Hall–Kier alpha value is -0.890. The van der Waals surface area contributed by atoms with Gasteiger partial charge in [-0.25, -0.2) is 4.99 Å². The van der Waals surface area contributed by atoms with Gasteiger partial charge in [0.15, 0.2) is 5.96 Å². The fraction of sp³-hybridized carbons (Fsp3) is 0.571. The van der Waals surface area contributed by atoms with Crippen molar-refractivity contribution in [2.24, 2.45) is 4.99 Å². The third-order valence-electron chi connectivity index (χ3n) is 3.29. The molecule has 0 spiro atoms. The van der Waals surface area contributed by atoms with Gasteiger partial charge in [-0.05, 0) is 31.9 Å². The molecule has 0 aliphatic carbocycles. The van der Waals surface area contributed by atoms with Gasteiger partial charge in [0.05, 0.1) is 18.3 Å². The number of hydrogen-bond donors (Lipinski definition) is 2. The smallest absolute Gasteiger partial charge is 0.194 e. The molecular formula is C14H23IN4O. The summed E-state index contributed by atoms with van der Waals surface area (Å²) in [6.45, 7) is 7.01. The summed E-state index contributed by atoms with van der Waals surface area (Å²) in [5.74, 6) is 0.865. The van der Waals surface area contributed by atoms with Crippen molar-refractivity contribution in [3.63, 3.8) is 0 Å². The van der Waals surface area contributed by atoms with Gasteiger partial charge in [0.2, 0.25) is 0 Å². The normalized spacial score (nSPS) is 18.9. The first kappa shape index (κ1) is 17.2. The molecule has 0 amide bonds. The highest BCUT2D eigenvalue weighted by Gasteiger charge is 2.22. The highest BCUT2D eigenvalue weighted by molar-refractivity contribution is 14.0. The number of nitrogens with one attached hydrogen (secondary N) is 1. The molecular weight excluding hydrogens is 367 g/mol. The van der Waals surface area contributed by atoms with Crippen LogP contribution >= 0.6 is 24.0 Å². The molecule has 1 fully saturated rings. The molecule has 0 unspecified atom stereocenters. The van der Waals surface area contributed by atoms with E-state index in [-0.39, 0.29) is 30.1 Å². The molecule has 0 bridgehead atoms. The molecule has 0 radical (unpaired) electrons. The van der Waals surface area contributed by atoms with Gasteiger partial charge in [-0.2, -0.15) is 0 Å². The molecule has 2 heterocycles. The molecule has 20 heavy (non-hydrogen) atoms. The summed E-state index contributed by atoms with van der Waals surface area (Å²) >= 11 is 0. The molecule has 1 atom stereocenters. The summed E-state index contributed by atoms with van der Waals surface area (Å²) < 4.78 is 0. The zero-order chi connectivity index (χ0) is 13.7. The Balaban J connectivity index is 0.00000200. The van der Waals surface area contributed by atoms with E-state index in [2.05, 4.69) is 20.2 Å². The summed E-state index contributed by atoms with van der Waals surface area (Å²) in [6.07, 6.45) is 2.37. The molecule has 1 aromatic heterocycles. The second-order valence-electron chi connectivity index (χ2n) is 4.83. The van der Waals surface area contributed by atoms with Crippen LogP contribution < -0.4 is 5.32 Å². The van der Waals surface area contributed by atoms with Crippen molar-refractivity contribution in [1.82, 2.24) is 15.2 Å². The predicted molar refractivity (Wildman–Crippen MR) is 91.4 cm³/mol. The lowest BCUT2D eigenvalue weighted by atomic mass is 10.2. The Kier molecular flexibility index (Phi) is 7.22. The molecule has 1 aromatic rings. The van der Waals surface area contributed by atoms with Crippen LogP contribution in [0.4, 0.5) is 0 Å². The first-order valence-corrected chi connectivity index (χ1v) is 6.82. The maximum Gasteiger partial charge on any atom is 0.194 e. The number of guanidine groups is 1. The highest BCUT2D eigenvalue weighted by atomic mass is 127. The molecule has 1 aliphatic rings. The van der Waals surface area contributed by atoms with E-state index >= 15 is 0 Å². The van der Waals surface area contributed by atoms with E-state index in [1.54, 1.807) is 6.20 Å². The molecule has 5 nitrogen and oxygen atoms in total. The van der Waals surface area contributed by atoms with Gasteiger partial charge in [0, 0.05) is 25.8 Å². The SMILES string of the molecule is CCNC(=NCc1ncccc1C)N1CC[C@@H](O)C1.I. The van der Waals surface area contributed by atoms with Crippen molar-refractivity contribution in [2.45, 2.75) is 32.9 Å². The zero-order valence-corrected chi connectivity index (χ0v) is 14.4. The van der Waals surface area contributed by atoms with E-state index in [4.69, 9.17) is 0 Å². The number of aliphatic imine (C=N–C) groups is 1. The van der Waals surface area contributed by atoms with Crippen molar-refractivity contribution in [1.29, 1.82) is 0 Å². The molecule has 112 valence electrons. The van der Waals surface area contributed by atoms with Crippen molar-refractivity contribution >= 4 is 29.9 Å². The van der Waals surface area contributed by atoms with Crippen LogP contribution in [0.1, 0.15) is 24.6 Å². The lowest BCUT2D eigenvalue weighted by Gasteiger charge is -2.20. The Morgan fingerprint density at radius 2 is 2.40 bits per heavy atom. The summed E-state index contributed by atoms with van der Waals surface area (Å²) in [4.78, 5) is 11.1. The number of aryl methyl sites for hydroxylation is 1. The summed E-state index contributed by atoms with van der Waals surface area (Å²) in [6, 6.07) is 3.98. The zero-order valence-electron chi connectivity index (χ0n) is 12.0. The number of pyridine rings is 1. The minimum atomic E-state index is -0.236. The van der Waals surface area contributed by atoms with E-state index in [9.17, 15) is 5.11 Å². The Bertz CT molecular complexity index is 453. The first-order chi connectivity index (χ1) is 9.20. The largest absolute Gasteiger partial charge is 0.391 e. The van der Waals surface area contributed by atoms with Crippen LogP contribution in [0, 0.1) is 6.92 Å². The van der Waals surface area contributed by atoms with Crippen LogP contribution in [0.25, 0.3) is 0 Å². The number of nitrogens with zero attached hydrogens (tertiary/aromatic N) is 3. The Morgan fingerprint density at radius 1 is 1.60 bits per heavy atom. The third kappa shape index (κ3) is 4.59. The van der Waals surface area contributed by atoms with Crippen molar-refractivity contribution < 1.29 is 5.11 Å². The van der Waals surface area contributed by atoms with Gasteiger partial charge in [-0.1, -0.05) is 6.07 Å². The van der Waals surface area contributed by atoms with Gasteiger partial charge in [-0.3, -0.25) is 4.98 Å². The number of aromatic nitrogens is 1. The van der Waals surface area contributed by atoms with E-state index < -0.39 is 0 Å². The molecule has 2 N–H and O–H groups in total. The maximum atomic E-state index is 9.61. The molecule has 2 rings (SSSR count). The number of rotatable bonds is 3. The van der Waals surface area contributed by atoms with E-state index in [0.717, 1.165) is 36.7 Å². The van der Waals surface area contributed by atoms with Crippen molar-refractivity contribution in [2.75, 3.05) is 19.6 Å². The number of aliphatic hydroxyl groups excluding tert-OH is 1. The molecule has 0 aromatic carbocycles. The highest BCUT2D eigenvalue weighted by Crippen LogP contribution is 2.10. The van der Waals surface area contributed by atoms with Gasteiger partial charge in [0.25, 0.3) is 0 Å². The van der Waals surface area contributed by atoms with E-state index in [1.807, 2.05) is 26.0 Å². The number of β-amino-alcohol motifs (C(OH)–C–C–N with tert-alkyl or cyclic N) is 1. The monoisotopic (exact) mass is 390 g/mol. The summed E-state index contributed by atoms with van der Waals surface area (Å²) in [5, 5.41) is 12.9. The molecule has 1 aliphatic heterocycles. The third-order valence-corrected chi connectivity index (χ3v) is 3.29. The van der Waals surface area contributed by atoms with Crippen LogP contribution in [0.15, 0.2) is 23.3 Å². The van der Waals surface area contributed by atoms with Crippen LogP contribution in [-0.4, -0.2) is 46.7 Å². The van der Waals surface area contributed by atoms with Crippen molar-refractivity contribution in [3.05, 3.63) is 29.6 Å². The van der Waals surface area contributed by atoms with Crippen LogP contribution in [0.3, 0.4) is 0 Å². The fourth-order valence-corrected chi connectivity index (χ4v) is 2.19. The van der Waals surface area contributed by atoms with Gasteiger partial charge in [0.1, 0.15) is 0 Å². The lowest BCUT2D eigenvalue weighted by Crippen LogP contribution is -2.40. The minimum Gasteiger partial charge on any atom is -0.391 e. The number of aliphatic hydroxyl groups is 1. The van der Waals surface area contributed by atoms with Crippen molar-refractivity contribution in [3.8, 4) is 0 Å². The number of hydrogen-bond acceptors (Lipinski definition) is 3. The Morgan fingerprint density at radius 3 is 3.00 bits per heavy atom. The van der Waals surface area contributed by atoms with Crippen LogP contribution in [-0.2, 0) is 6.54 Å². The molecule has 6 heteroatoms. The second-order valence-corrected chi connectivity index (χ2v) is 4.83. The quantitative estimate of drug-likeness (QED) is 0.467. The average Bonchev–Trinajstić information content (AvgIpc) is 2.83. The average molecular weight is 390 g/mol. The fourth-order valence-electron chi connectivity index (χ4n) is 2.19. The minimum absolute atomic E-state index is 0. The predicted octanol–water partition coefficient (Wildman–Crippen LogP) is 1.54. The van der Waals surface area contributed by atoms with Gasteiger partial charge >= 0.3 is 0 Å². The standard InChI is InChI=1S/C14H22N4O.HI/c1-3-15-14(18-8-6-12(19)10-18)17-9-13-11(2)5-4-7-16-13;/h4-5,7,12,19H,3,6,8-10H2,1-2H3,(H,15,17);1H/t12-;/m1./s1. The molecule has 1 saturated heterocycles. The first-order valence-electron chi connectivity index (χ1n) is 6.82. The Labute approximate surface area is 137 Å². The summed E-state index contributed by atoms with van der Waals surface area (Å²) in [5.41, 5.74) is 2.15. The van der Waals surface area contributed by atoms with Crippen LogP contribution in [0.5, 0.6) is 0 Å². The van der Waals surface area contributed by atoms with Gasteiger partial charge < -0.3 is 15.3 Å². The second kappa shape index (κ2) is 8.41. The maximum absolute atomic E-state index is 9.61. The van der Waals surface area contributed by atoms with Crippen LogP contribution in [0.2, 0.25) is 0 Å². The topological polar surface area (TPSA) is 60.8 Å². The molecule has 0 saturated carbocycles. The number of halogens is 1.